The molecule has 5 nitrogen and oxygen atoms in total. The minimum Gasteiger partial charge on any atom is -0.482 e. The molecule has 0 fully saturated rings. The molecular weight excluding hydrogens is 258 g/mol. The summed E-state index contributed by atoms with van der Waals surface area (Å²) in [6, 6.07) is 10.6. The maximum absolute atomic E-state index is 11.2. The van der Waals surface area contributed by atoms with Crippen molar-refractivity contribution >= 4 is 12.3 Å². The van der Waals surface area contributed by atoms with Crippen molar-refractivity contribution in [3.05, 3.63) is 48.3 Å². The molecule has 0 unspecified atom stereocenters. The molecule has 0 spiro atoms. The fraction of sp³-hybridized carbons (Fsp3) is 0.200. The molecular formula is C15H15NO4. The number of ether oxygens (including phenoxy) is 2. The zero-order valence-corrected chi connectivity index (χ0v) is 11.1. The van der Waals surface area contributed by atoms with E-state index in [0.29, 0.717) is 18.1 Å². The molecule has 2 aromatic rings. The molecule has 0 N–H and O–H groups in total. The minimum absolute atomic E-state index is 0.115. The average Bonchev–Trinajstić information content (AvgIpc) is 2.94. The van der Waals surface area contributed by atoms with E-state index in [1.165, 1.54) is 0 Å². The summed E-state index contributed by atoms with van der Waals surface area (Å²) < 4.78 is 11.8. The summed E-state index contributed by atoms with van der Waals surface area (Å²) in [5.41, 5.74) is 1.42. The van der Waals surface area contributed by atoms with Crippen molar-refractivity contribution in [2.24, 2.45) is 0 Å². The Bertz CT molecular complexity index is 586. The van der Waals surface area contributed by atoms with E-state index in [9.17, 15) is 9.59 Å². The van der Waals surface area contributed by atoms with Crippen LogP contribution in [-0.2, 0) is 9.53 Å². The normalized spacial score (nSPS) is 10.1. The third-order valence-electron chi connectivity index (χ3n) is 2.68. The van der Waals surface area contributed by atoms with Gasteiger partial charge in [0.25, 0.3) is 0 Å². The fourth-order valence-corrected chi connectivity index (χ4v) is 1.77. The molecule has 0 aliphatic rings. The number of carbonyl (C=O) groups excluding carboxylic acids is 2. The van der Waals surface area contributed by atoms with E-state index in [2.05, 4.69) is 0 Å². The Labute approximate surface area is 116 Å². The summed E-state index contributed by atoms with van der Waals surface area (Å²) in [6.07, 6.45) is 2.60. The van der Waals surface area contributed by atoms with Gasteiger partial charge in [0, 0.05) is 11.9 Å². The van der Waals surface area contributed by atoms with Crippen molar-refractivity contribution in [3.63, 3.8) is 0 Å². The summed E-state index contributed by atoms with van der Waals surface area (Å²) in [4.78, 5) is 22.0. The lowest BCUT2D eigenvalue weighted by molar-refractivity contribution is -0.145. The van der Waals surface area contributed by atoms with Gasteiger partial charge in [0.2, 0.25) is 0 Å². The first-order valence-electron chi connectivity index (χ1n) is 6.26. The quantitative estimate of drug-likeness (QED) is 0.598. The SMILES string of the molecule is CCOC(=O)COc1ccc(-n2cccc2C=O)cc1. The Hall–Kier alpha value is -2.56. The van der Waals surface area contributed by atoms with Gasteiger partial charge in [-0.25, -0.2) is 4.79 Å². The third-order valence-corrected chi connectivity index (χ3v) is 2.68. The van der Waals surface area contributed by atoms with Crippen LogP contribution in [0.1, 0.15) is 17.4 Å². The topological polar surface area (TPSA) is 57.5 Å². The second kappa shape index (κ2) is 6.56. The molecule has 0 aliphatic carbocycles. The maximum atomic E-state index is 11.2. The average molecular weight is 273 g/mol. The highest BCUT2D eigenvalue weighted by molar-refractivity contribution is 5.74. The van der Waals surface area contributed by atoms with E-state index in [0.717, 1.165) is 12.0 Å². The van der Waals surface area contributed by atoms with Crippen molar-refractivity contribution < 1.29 is 19.1 Å². The van der Waals surface area contributed by atoms with Crippen LogP contribution >= 0.6 is 0 Å². The number of esters is 1. The van der Waals surface area contributed by atoms with E-state index >= 15 is 0 Å². The molecule has 1 aromatic carbocycles. The monoisotopic (exact) mass is 273 g/mol. The maximum Gasteiger partial charge on any atom is 0.344 e. The third kappa shape index (κ3) is 3.26. The van der Waals surface area contributed by atoms with Gasteiger partial charge >= 0.3 is 5.97 Å². The molecule has 0 radical (unpaired) electrons. The number of hydrogen-bond donors (Lipinski definition) is 0. The summed E-state index contributed by atoms with van der Waals surface area (Å²) in [6.45, 7) is 1.97. The van der Waals surface area contributed by atoms with Crippen LogP contribution in [0.4, 0.5) is 0 Å². The molecule has 0 saturated carbocycles. The highest BCUT2D eigenvalue weighted by Crippen LogP contribution is 2.17. The lowest BCUT2D eigenvalue weighted by Crippen LogP contribution is -2.14. The molecule has 2 rings (SSSR count). The molecule has 0 aliphatic heterocycles. The van der Waals surface area contributed by atoms with Crippen LogP contribution in [0.25, 0.3) is 5.69 Å². The Balaban J connectivity index is 2.03. The van der Waals surface area contributed by atoms with Crippen molar-refractivity contribution in [2.75, 3.05) is 13.2 Å². The summed E-state index contributed by atoms with van der Waals surface area (Å²) in [5.74, 6) is 0.173. The Morgan fingerprint density at radius 3 is 2.65 bits per heavy atom. The Kier molecular flexibility index (Phi) is 4.55. The van der Waals surface area contributed by atoms with Gasteiger partial charge < -0.3 is 14.0 Å². The number of aromatic nitrogens is 1. The van der Waals surface area contributed by atoms with Crippen LogP contribution < -0.4 is 4.74 Å². The fourth-order valence-electron chi connectivity index (χ4n) is 1.77. The lowest BCUT2D eigenvalue weighted by atomic mass is 10.3. The largest absolute Gasteiger partial charge is 0.482 e. The molecule has 5 heteroatoms. The number of rotatable bonds is 6. The zero-order chi connectivity index (χ0) is 14.4. The smallest absolute Gasteiger partial charge is 0.344 e. The Morgan fingerprint density at radius 1 is 1.25 bits per heavy atom. The highest BCUT2D eigenvalue weighted by Gasteiger charge is 2.05. The molecule has 104 valence electrons. The minimum atomic E-state index is -0.398. The predicted octanol–water partition coefficient (Wildman–Crippen LogP) is 2.23. The van der Waals surface area contributed by atoms with E-state index in [4.69, 9.17) is 9.47 Å². The molecule has 20 heavy (non-hydrogen) atoms. The number of benzene rings is 1. The van der Waals surface area contributed by atoms with Gasteiger partial charge in [-0.05, 0) is 43.3 Å². The standard InChI is InChI=1S/C15H15NO4/c1-2-19-15(18)11-20-14-7-5-12(6-8-14)16-9-3-4-13(16)10-17/h3-10H,2,11H2,1H3. The van der Waals surface area contributed by atoms with Gasteiger partial charge in [-0.15, -0.1) is 0 Å². The van der Waals surface area contributed by atoms with Gasteiger partial charge in [-0.1, -0.05) is 0 Å². The van der Waals surface area contributed by atoms with Crippen molar-refractivity contribution in [2.45, 2.75) is 6.92 Å². The van der Waals surface area contributed by atoms with Crippen molar-refractivity contribution in [3.8, 4) is 11.4 Å². The number of aldehydes is 1. The van der Waals surface area contributed by atoms with E-state index in [1.807, 2.05) is 12.1 Å². The molecule has 0 saturated heterocycles. The van der Waals surface area contributed by atoms with Crippen molar-refractivity contribution in [1.29, 1.82) is 0 Å². The molecule has 1 heterocycles. The zero-order valence-electron chi connectivity index (χ0n) is 11.1. The molecule has 0 amide bonds. The number of hydrogen-bond acceptors (Lipinski definition) is 4. The molecule has 0 bridgehead atoms. The van der Waals surface area contributed by atoms with E-state index in [1.54, 1.807) is 42.0 Å². The first-order valence-corrected chi connectivity index (χ1v) is 6.26. The van der Waals surface area contributed by atoms with Crippen molar-refractivity contribution in [1.82, 2.24) is 4.57 Å². The van der Waals surface area contributed by atoms with Gasteiger partial charge in [0.15, 0.2) is 12.9 Å². The molecule has 0 atom stereocenters. The van der Waals surface area contributed by atoms with Gasteiger partial charge in [-0.3, -0.25) is 4.79 Å². The lowest BCUT2D eigenvalue weighted by Gasteiger charge is -2.08. The Morgan fingerprint density at radius 2 is 2.00 bits per heavy atom. The van der Waals surface area contributed by atoms with Crippen LogP contribution in [0.15, 0.2) is 42.6 Å². The van der Waals surface area contributed by atoms with Crippen LogP contribution in [0.5, 0.6) is 5.75 Å². The van der Waals surface area contributed by atoms with Gasteiger partial charge in [0.1, 0.15) is 5.75 Å². The summed E-state index contributed by atoms with van der Waals surface area (Å²) >= 11 is 0. The van der Waals surface area contributed by atoms with Gasteiger partial charge in [-0.2, -0.15) is 0 Å². The van der Waals surface area contributed by atoms with Crippen LogP contribution in [0, 0.1) is 0 Å². The number of nitrogens with zero attached hydrogens (tertiary/aromatic N) is 1. The second-order valence-corrected chi connectivity index (χ2v) is 4.01. The van der Waals surface area contributed by atoms with E-state index in [-0.39, 0.29) is 6.61 Å². The first-order chi connectivity index (χ1) is 9.74. The predicted molar refractivity (Wildman–Crippen MR) is 73.3 cm³/mol. The van der Waals surface area contributed by atoms with Crippen LogP contribution in [-0.4, -0.2) is 30.0 Å². The van der Waals surface area contributed by atoms with Crippen LogP contribution in [0.3, 0.4) is 0 Å². The second-order valence-electron chi connectivity index (χ2n) is 4.01. The van der Waals surface area contributed by atoms with E-state index < -0.39 is 5.97 Å². The first kappa shape index (κ1) is 13.9. The number of carbonyl (C=O) groups is 2. The molecule has 1 aromatic heterocycles. The van der Waals surface area contributed by atoms with Crippen LogP contribution in [0.2, 0.25) is 0 Å². The summed E-state index contributed by atoms with van der Waals surface area (Å²) in [5, 5.41) is 0. The van der Waals surface area contributed by atoms with Gasteiger partial charge in [0.05, 0.1) is 12.3 Å². The highest BCUT2D eigenvalue weighted by atomic mass is 16.6. The summed E-state index contributed by atoms with van der Waals surface area (Å²) in [7, 11) is 0.